The predicted molar refractivity (Wildman–Crippen MR) is 88.8 cm³/mol. The van der Waals surface area contributed by atoms with Crippen LogP contribution in [0.15, 0.2) is 24.3 Å². The van der Waals surface area contributed by atoms with Gasteiger partial charge in [0.1, 0.15) is 0 Å². The van der Waals surface area contributed by atoms with Crippen LogP contribution in [0.4, 0.5) is 0 Å². The molecule has 0 radical (unpaired) electrons. The summed E-state index contributed by atoms with van der Waals surface area (Å²) in [6.07, 6.45) is 1.04. The molecule has 22 heavy (non-hydrogen) atoms. The summed E-state index contributed by atoms with van der Waals surface area (Å²) < 4.78 is 2.33. The Kier molecular flexibility index (Phi) is 3.08. The largest absolute Gasteiger partial charge is 0.346 e. The van der Waals surface area contributed by atoms with Crippen LogP contribution in [-0.4, -0.2) is 26.2 Å². The van der Waals surface area contributed by atoms with Crippen molar-refractivity contribution < 1.29 is 0 Å². The van der Waals surface area contributed by atoms with Crippen LogP contribution >= 0.6 is 0 Å². The van der Waals surface area contributed by atoms with E-state index in [1.54, 1.807) is 0 Å². The first-order valence-electron chi connectivity index (χ1n) is 7.92. The van der Waals surface area contributed by atoms with Gasteiger partial charge in [0, 0.05) is 61.0 Å². The Morgan fingerprint density at radius 2 is 2.09 bits per heavy atom. The first-order valence-corrected chi connectivity index (χ1v) is 7.92. The number of fused-ring (bicyclic) bond motifs is 2. The minimum Gasteiger partial charge on any atom is -0.346 e. The fraction of sp³-hybridized carbons (Fsp3) is 0.389. The highest BCUT2D eigenvalue weighted by Gasteiger charge is 2.21. The summed E-state index contributed by atoms with van der Waals surface area (Å²) in [4.78, 5) is 2.52. The molecule has 4 rings (SSSR count). The number of aromatic nitrogens is 3. The molecule has 0 saturated carbocycles. The van der Waals surface area contributed by atoms with Crippen molar-refractivity contribution in [1.82, 2.24) is 19.7 Å². The van der Waals surface area contributed by atoms with E-state index in [0.29, 0.717) is 0 Å². The smallest absolute Gasteiger partial charge is 0.0682 e. The van der Waals surface area contributed by atoms with Crippen LogP contribution in [0.2, 0.25) is 0 Å². The van der Waals surface area contributed by atoms with E-state index in [9.17, 15) is 0 Å². The summed E-state index contributed by atoms with van der Waals surface area (Å²) >= 11 is 0. The monoisotopic (exact) mass is 294 g/mol. The van der Waals surface area contributed by atoms with E-state index < -0.39 is 0 Å². The lowest BCUT2D eigenvalue weighted by Gasteiger charge is -2.26. The van der Waals surface area contributed by atoms with E-state index in [-0.39, 0.29) is 0 Å². The van der Waals surface area contributed by atoms with Crippen molar-refractivity contribution in [2.75, 3.05) is 6.54 Å². The van der Waals surface area contributed by atoms with Crippen LogP contribution in [0.5, 0.6) is 0 Å². The highest BCUT2D eigenvalue weighted by Crippen LogP contribution is 2.24. The molecule has 0 bridgehead atoms. The van der Waals surface area contributed by atoms with Gasteiger partial charge in [-0.3, -0.25) is 10.00 Å². The zero-order valence-corrected chi connectivity index (χ0v) is 13.5. The molecule has 1 aliphatic rings. The molecule has 0 spiro atoms. The molecule has 0 amide bonds. The lowest BCUT2D eigenvalue weighted by atomic mass is 10.1. The van der Waals surface area contributed by atoms with Crippen molar-refractivity contribution in [1.29, 1.82) is 0 Å². The number of hydrogen-bond acceptors (Lipinski definition) is 2. The molecule has 4 nitrogen and oxygen atoms in total. The molecule has 0 atom stereocenters. The van der Waals surface area contributed by atoms with Crippen molar-refractivity contribution in [2.45, 2.75) is 33.4 Å². The summed E-state index contributed by atoms with van der Waals surface area (Å²) in [6, 6.07) is 9.02. The van der Waals surface area contributed by atoms with Gasteiger partial charge in [-0.25, -0.2) is 0 Å². The number of H-pyrrole nitrogens is 1. The summed E-state index contributed by atoms with van der Waals surface area (Å²) in [5.74, 6) is 0. The Hall–Kier alpha value is -2.07. The summed E-state index contributed by atoms with van der Waals surface area (Å²) in [5, 5.41) is 8.87. The van der Waals surface area contributed by atoms with Gasteiger partial charge in [0.05, 0.1) is 5.69 Å². The van der Waals surface area contributed by atoms with Gasteiger partial charge >= 0.3 is 0 Å². The SMILES string of the molecule is Cc1ccc2c(c1)cc(CN1CCc3n[nH]c(C)c3C1)n2C. The van der Waals surface area contributed by atoms with Gasteiger partial charge in [-0.05, 0) is 32.0 Å². The molecular formula is C18H22N4. The van der Waals surface area contributed by atoms with Crippen molar-refractivity contribution in [3.05, 3.63) is 52.5 Å². The Balaban J connectivity index is 1.62. The van der Waals surface area contributed by atoms with Gasteiger partial charge in [0.25, 0.3) is 0 Å². The van der Waals surface area contributed by atoms with E-state index in [4.69, 9.17) is 0 Å². The lowest BCUT2D eigenvalue weighted by molar-refractivity contribution is 0.239. The number of hydrogen-bond donors (Lipinski definition) is 1. The van der Waals surface area contributed by atoms with E-state index in [0.717, 1.165) is 26.1 Å². The molecule has 0 saturated heterocycles. The molecular weight excluding hydrogens is 272 g/mol. The third kappa shape index (κ3) is 2.15. The minimum absolute atomic E-state index is 0.994. The number of aryl methyl sites for hydroxylation is 3. The third-order valence-corrected chi connectivity index (χ3v) is 4.89. The second-order valence-corrected chi connectivity index (χ2v) is 6.49. The number of benzene rings is 1. The predicted octanol–water partition coefficient (Wildman–Crippen LogP) is 3.08. The molecule has 0 unspecified atom stereocenters. The van der Waals surface area contributed by atoms with E-state index >= 15 is 0 Å². The normalized spacial score (nSPS) is 15.4. The average molecular weight is 294 g/mol. The van der Waals surface area contributed by atoms with Crippen molar-refractivity contribution in [3.63, 3.8) is 0 Å². The van der Waals surface area contributed by atoms with Crippen molar-refractivity contribution in [3.8, 4) is 0 Å². The van der Waals surface area contributed by atoms with Crippen LogP contribution in [-0.2, 0) is 26.6 Å². The van der Waals surface area contributed by atoms with Gasteiger partial charge in [0.15, 0.2) is 0 Å². The van der Waals surface area contributed by atoms with E-state index in [1.165, 1.54) is 39.1 Å². The number of nitrogens with one attached hydrogen (secondary N) is 1. The topological polar surface area (TPSA) is 36.9 Å². The molecule has 1 aliphatic heterocycles. The van der Waals surface area contributed by atoms with Crippen molar-refractivity contribution >= 4 is 10.9 Å². The Bertz CT molecular complexity index is 840. The second kappa shape index (κ2) is 4.99. The Morgan fingerprint density at radius 3 is 2.95 bits per heavy atom. The minimum atomic E-state index is 0.994. The highest BCUT2D eigenvalue weighted by atomic mass is 15.2. The molecule has 1 aromatic carbocycles. The fourth-order valence-electron chi connectivity index (χ4n) is 3.53. The average Bonchev–Trinajstić information content (AvgIpc) is 3.01. The molecule has 0 aliphatic carbocycles. The molecule has 114 valence electrons. The molecule has 1 N–H and O–H groups in total. The Morgan fingerprint density at radius 1 is 1.23 bits per heavy atom. The standard InChI is InChI=1S/C18H22N4/c1-12-4-5-18-14(8-12)9-15(21(18)3)10-22-7-6-17-16(11-22)13(2)19-20-17/h4-5,8-9H,6-7,10-11H2,1-3H3,(H,19,20). The summed E-state index contributed by atoms with van der Waals surface area (Å²) in [6.45, 7) is 7.35. The van der Waals surface area contributed by atoms with Gasteiger partial charge in [0.2, 0.25) is 0 Å². The number of aromatic amines is 1. The summed E-state index contributed by atoms with van der Waals surface area (Å²) in [5.41, 5.74) is 7.87. The maximum absolute atomic E-state index is 4.40. The van der Waals surface area contributed by atoms with Crippen LogP contribution < -0.4 is 0 Å². The quantitative estimate of drug-likeness (QED) is 0.788. The van der Waals surface area contributed by atoms with Crippen LogP contribution in [0.3, 0.4) is 0 Å². The van der Waals surface area contributed by atoms with Crippen LogP contribution in [0, 0.1) is 13.8 Å². The first kappa shape index (κ1) is 13.6. The number of nitrogens with zero attached hydrogens (tertiary/aromatic N) is 3. The molecule has 0 fully saturated rings. The van der Waals surface area contributed by atoms with E-state index in [1.807, 2.05) is 0 Å². The summed E-state index contributed by atoms with van der Waals surface area (Å²) in [7, 11) is 2.17. The lowest BCUT2D eigenvalue weighted by Crippen LogP contribution is -2.30. The van der Waals surface area contributed by atoms with Gasteiger partial charge < -0.3 is 4.57 Å². The van der Waals surface area contributed by atoms with Crippen LogP contribution in [0.25, 0.3) is 10.9 Å². The molecule has 2 aromatic heterocycles. The third-order valence-electron chi connectivity index (χ3n) is 4.89. The van der Waals surface area contributed by atoms with Gasteiger partial charge in [-0.1, -0.05) is 11.6 Å². The molecule has 3 heterocycles. The van der Waals surface area contributed by atoms with Gasteiger partial charge in [-0.2, -0.15) is 5.10 Å². The maximum atomic E-state index is 4.40. The molecule has 4 heteroatoms. The van der Waals surface area contributed by atoms with Gasteiger partial charge in [-0.15, -0.1) is 0 Å². The fourth-order valence-corrected chi connectivity index (χ4v) is 3.53. The first-order chi connectivity index (χ1) is 10.6. The second-order valence-electron chi connectivity index (χ2n) is 6.49. The maximum Gasteiger partial charge on any atom is 0.0682 e. The zero-order chi connectivity index (χ0) is 15.3. The highest BCUT2D eigenvalue weighted by molar-refractivity contribution is 5.82. The van der Waals surface area contributed by atoms with E-state index in [2.05, 4.69) is 64.8 Å². The number of rotatable bonds is 2. The molecule has 3 aromatic rings. The zero-order valence-electron chi connectivity index (χ0n) is 13.5. The van der Waals surface area contributed by atoms with Crippen LogP contribution in [0.1, 0.15) is 28.2 Å². The van der Waals surface area contributed by atoms with Crippen molar-refractivity contribution in [2.24, 2.45) is 7.05 Å². The Labute approximate surface area is 130 Å².